The first-order chi connectivity index (χ1) is 9.33. The van der Waals surface area contributed by atoms with E-state index in [0.29, 0.717) is 0 Å². The van der Waals surface area contributed by atoms with Gasteiger partial charge in [-0.2, -0.15) is 16.8 Å². The van der Waals surface area contributed by atoms with Gasteiger partial charge in [-0.1, -0.05) is 11.8 Å². The van der Waals surface area contributed by atoms with Crippen molar-refractivity contribution in [3.8, 4) is 11.8 Å². The smallest absolute Gasteiger partial charge is 0.294 e. The lowest BCUT2D eigenvalue weighted by atomic mass is 10.1. The molecule has 0 aromatic rings. The molecule has 0 fully saturated rings. The van der Waals surface area contributed by atoms with Gasteiger partial charge in [0.1, 0.15) is 11.2 Å². The molecule has 0 heterocycles. The zero-order valence-corrected chi connectivity index (χ0v) is 16.8. The molecular formula is C12H24O7S2Si. The molecule has 0 aromatic heterocycles. The van der Waals surface area contributed by atoms with E-state index in [1.54, 1.807) is 19.6 Å². The van der Waals surface area contributed by atoms with Gasteiger partial charge in [-0.3, -0.25) is 8.06 Å². The van der Waals surface area contributed by atoms with Gasteiger partial charge in [-0.25, -0.2) is 4.18 Å². The lowest BCUT2D eigenvalue weighted by Gasteiger charge is -2.23. The minimum absolute atomic E-state index is 0.907. The van der Waals surface area contributed by atoms with E-state index in [0.717, 1.165) is 6.26 Å². The SMILES string of the molecule is CC(C)(C#CC(C)(C)OS(=O)(=O)O[Si](C)(C)C)OS(C)(=O)=O. The van der Waals surface area contributed by atoms with Crippen LogP contribution < -0.4 is 0 Å². The third-order valence-electron chi connectivity index (χ3n) is 1.69. The second kappa shape index (κ2) is 6.58. The summed E-state index contributed by atoms with van der Waals surface area (Å²) < 4.78 is 60.6. The Kier molecular flexibility index (Phi) is 6.45. The van der Waals surface area contributed by atoms with Crippen molar-refractivity contribution >= 4 is 28.8 Å². The summed E-state index contributed by atoms with van der Waals surface area (Å²) in [5.74, 6) is 5.11. The van der Waals surface area contributed by atoms with Crippen LogP contribution in [0.5, 0.6) is 0 Å². The molecule has 10 heteroatoms. The van der Waals surface area contributed by atoms with E-state index in [9.17, 15) is 16.8 Å². The van der Waals surface area contributed by atoms with E-state index < -0.39 is 40.0 Å². The Morgan fingerprint density at radius 3 is 1.50 bits per heavy atom. The number of hydrogen-bond donors (Lipinski definition) is 0. The summed E-state index contributed by atoms with van der Waals surface area (Å²) in [4.78, 5) is 0. The fourth-order valence-electron chi connectivity index (χ4n) is 1.30. The molecule has 0 aromatic carbocycles. The van der Waals surface area contributed by atoms with E-state index in [1.165, 1.54) is 27.7 Å². The van der Waals surface area contributed by atoms with E-state index in [-0.39, 0.29) is 0 Å². The highest BCUT2D eigenvalue weighted by Crippen LogP contribution is 2.19. The average molecular weight is 373 g/mol. The van der Waals surface area contributed by atoms with Crippen molar-refractivity contribution in [1.29, 1.82) is 0 Å². The molecule has 0 rings (SSSR count). The van der Waals surface area contributed by atoms with Crippen LogP contribution in [0.3, 0.4) is 0 Å². The van der Waals surface area contributed by atoms with Crippen LogP contribution in [0.25, 0.3) is 0 Å². The zero-order chi connectivity index (χ0) is 18.0. The highest BCUT2D eigenvalue weighted by molar-refractivity contribution is 7.86. The van der Waals surface area contributed by atoms with Crippen molar-refractivity contribution < 1.29 is 29.1 Å². The van der Waals surface area contributed by atoms with E-state index in [4.69, 9.17) is 12.2 Å². The third kappa shape index (κ3) is 11.2. The molecule has 0 unspecified atom stereocenters. The monoisotopic (exact) mass is 372 g/mol. The maximum atomic E-state index is 11.8. The van der Waals surface area contributed by atoms with Crippen LogP contribution in [0.4, 0.5) is 0 Å². The maximum absolute atomic E-state index is 11.8. The summed E-state index contributed by atoms with van der Waals surface area (Å²) in [7, 11) is -10.2. The van der Waals surface area contributed by atoms with Gasteiger partial charge in [0, 0.05) is 0 Å². The van der Waals surface area contributed by atoms with Crippen LogP contribution in [0.15, 0.2) is 0 Å². The van der Waals surface area contributed by atoms with Gasteiger partial charge in [0.05, 0.1) is 6.26 Å². The lowest BCUT2D eigenvalue weighted by molar-refractivity contribution is 0.153. The van der Waals surface area contributed by atoms with Crippen molar-refractivity contribution in [2.45, 2.75) is 58.5 Å². The standard InChI is InChI=1S/C12H24O7S2Si/c1-11(2,17-20(5,13)14)9-10-12(3,4)18-21(15,16)19-22(6,7)8/h1-8H3. The van der Waals surface area contributed by atoms with Gasteiger partial charge in [-0.15, -0.1) is 0 Å². The maximum Gasteiger partial charge on any atom is 0.391 e. The first kappa shape index (κ1) is 21.6. The summed E-state index contributed by atoms with van der Waals surface area (Å²) in [5, 5.41) is 0. The van der Waals surface area contributed by atoms with Gasteiger partial charge >= 0.3 is 10.4 Å². The Balaban J connectivity index is 5.19. The van der Waals surface area contributed by atoms with Crippen molar-refractivity contribution in [3.05, 3.63) is 0 Å². The zero-order valence-electron chi connectivity index (χ0n) is 14.2. The highest BCUT2D eigenvalue weighted by atomic mass is 32.3. The van der Waals surface area contributed by atoms with Gasteiger partial charge in [0.15, 0.2) is 0 Å². The molecule has 0 aliphatic carbocycles. The van der Waals surface area contributed by atoms with Crippen LogP contribution in [0, 0.1) is 11.8 Å². The van der Waals surface area contributed by atoms with E-state index in [2.05, 4.69) is 11.8 Å². The largest absolute Gasteiger partial charge is 0.391 e. The van der Waals surface area contributed by atoms with Crippen LogP contribution in [-0.4, -0.2) is 42.6 Å². The first-order valence-corrected chi connectivity index (χ1v) is 13.0. The summed E-state index contributed by atoms with van der Waals surface area (Å²) in [5.41, 5.74) is -2.70. The van der Waals surface area contributed by atoms with Crippen molar-refractivity contribution in [3.63, 3.8) is 0 Å². The molecule has 0 radical (unpaired) electrons. The van der Waals surface area contributed by atoms with Crippen LogP contribution in [-0.2, 0) is 32.8 Å². The minimum Gasteiger partial charge on any atom is -0.294 e. The average Bonchev–Trinajstić information content (AvgIpc) is 2.04. The van der Waals surface area contributed by atoms with Crippen LogP contribution >= 0.6 is 0 Å². The molecule has 0 N–H and O–H groups in total. The van der Waals surface area contributed by atoms with Crippen molar-refractivity contribution in [2.75, 3.05) is 6.26 Å². The summed E-state index contributed by atoms with van der Waals surface area (Å²) in [6.07, 6.45) is 0.907. The Bertz CT molecular complexity index is 658. The molecule has 130 valence electrons. The molecule has 22 heavy (non-hydrogen) atoms. The lowest BCUT2D eigenvalue weighted by Crippen LogP contribution is -2.35. The summed E-state index contributed by atoms with van der Waals surface area (Å²) in [6.45, 7) is 10.9. The van der Waals surface area contributed by atoms with Gasteiger partial charge < -0.3 is 0 Å². The summed E-state index contributed by atoms with van der Waals surface area (Å²) >= 11 is 0. The molecule has 0 bridgehead atoms. The second-order valence-corrected chi connectivity index (χ2v) is 14.2. The third-order valence-corrected chi connectivity index (χ3v) is 5.84. The van der Waals surface area contributed by atoms with E-state index >= 15 is 0 Å². The van der Waals surface area contributed by atoms with Gasteiger partial charge in [0.25, 0.3) is 10.1 Å². The Morgan fingerprint density at radius 2 is 1.18 bits per heavy atom. The molecule has 0 spiro atoms. The fraction of sp³-hybridized carbons (Fsp3) is 0.833. The second-order valence-electron chi connectivity index (χ2n) is 6.75. The Hall–Kier alpha value is -0.443. The molecule has 0 saturated carbocycles. The fourth-order valence-corrected chi connectivity index (χ4v) is 5.24. The Labute approximate surface area is 134 Å². The highest BCUT2D eigenvalue weighted by Gasteiger charge is 2.31. The molecule has 0 saturated heterocycles. The predicted octanol–water partition coefficient (Wildman–Crippen LogP) is 1.64. The number of hydrogen-bond acceptors (Lipinski definition) is 7. The van der Waals surface area contributed by atoms with Crippen LogP contribution in [0.2, 0.25) is 19.6 Å². The van der Waals surface area contributed by atoms with Crippen molar-refractivity contribution in [2.24, 2.45) is 0 Å². The van der Waals surface area contributed by atoms with Gasteiger partial charge in [-0.05, 0) is 47.3 Å². The molecule has 7 nitrogen and oxygen atoms in total. The number of rotatable bonds is 6. The quantitative estimate of drug-likeness (QED) is 0.397. The molecule has 0 aliphatic rings. The topological polar surface area (TPSA) is 96.0 Å². The first-order valence-electron chi connectivity index (χ1n) is 6.44. The summed E-state index contributed by atoms with van der Waals surface area (Å²) in [6, 6.07) is 0. The molecule has 0 amide bonds. The van der Waals surface area contributed by atoms with E-state index in [1.807, 2.05) is 0 Å². The molecular weight excluding hydrogens is 348 g/mol. The predicted molar refractivity (Wildman–Crippen MR) is 86.3 cm³/mol. The van der Waals surface area contributed by atoms with Crippen molar-refractivity contribution in [1.82, 2.24) is 0 Å². The minimum atomic E-state index is -4.20. The van der Waals surface area contributed by atoms with Gasteiger partial charge in [0.2, 0.25) is 8.32 Å². The molecule has 0 aliphatic heterocycles. The Morgan fingerprint density at radius 1 is 0.818 bits per heavy atom. The van der Waals surface area contributed by atoms with Crippen LogP contribution in [0.1, 0.15) is 27.7 Å². The molecule has 0 atom stereocenters. The normalized spacial score (nSPS) is 14.4.